The van der Waals surface area contributed by atoms with Crippen molar-refractivity contribution >= 4 is 5.95 Å². The van der Waals surface area contributed by atoms with Gasteiger partial charge in [0.15, 0.2) is 0 Å². The molecule has 0 saturated carbocycles. The van der Waals surface area contributed by atoms with Crippen molar-refractivity contribution in [3.8, 4) is 0 Å². The highest BCUT2D eigenvalue weighted by Crippen LogP contribution is 2.44. The molecule has 0 radical (unpaired) electrons. The number of fused-ring (bicyclic) bond motifs is 2. The highest BCUT2D eigenvalue weighted by Gasteiger charge is 2.43. The monoisotopic (exact) mass is 366 g/mol. The molecule has 1 unspecified atom stereocenters. The summed E-state index contributed by atoms with van der Waals surface area (Å²) in [5, 5.41) is 0. The lowest BCUT2D eigenvalue weighted by molar-refractivity contribution is 0.0681. The first-order chi connectivity index (χ1) is 13.2. The Morgan fingerprint density at radius 1 is 1.19 bits per heavy atom. The molecular weight excluding hydrogens is 336 g/mol. The van der Waals surface area contributed by atoms with Crippen LogP contribution in [0.15, 0.2) is 36.5 Å². The van der Waals surface area contributed by atoms with Crippen LogP contribution in [0.2, 0.25) is 0 Å². The third kappa shape index (κ3) is 3.99. The van der Waals surface area contributed by atoms with Gasteiger partial charge in [-0.05, 0) is 43.4 Å². The van der Waals surface area contributed by atoms with Gasteiger partial charge in [-0.25, -0.2) is 9.97 Å². The van der Waals surface area contributed by atoms with Crippen LogP contribution in [-0.4, -0.2) is 55.2 Å². The third-order valence-electron chi connectivity index (χ3n) is 5.95. The van der Waals surface area contributed by atoms with E-state index in [-0.39, 0.29) is 5.41 Å². The first-order valence-electron chi connectivity index (χ1n) is 10.0. The van der Waals surface area contributed by atoms with Crippen LogP contribution in [0.1, 0.15) is 36.1 Å². The van der Waals surface area contributed by atoms with Gasteiger partial charge in [-0.2, -0.15) is 0 Å². The Hall–Kier alpha value is -1.98. The molecule has 1 aliphatic heterocycles. The van der Waals surface area contributed by atoms with E-state index < -0.39 is 0 Å². The number of anilines is 1. The minimum Gasteiger partial charge on any atom is -0.375 e. The molecule has 0 amide bonds. The molecule has 1 aromatic carbocycles. The van der Waals surface area contributed by atoms with Gasteiger partial charge >= 0.3 is 0 Å². The molecule has 2 heterocycles. The summed E-state index contributed by atoms with van der Waals surface area (Å²) in [5.41, 5.74) is 4.10. The summed E-state index contributed by atoms with van der Waals surface area (Å²) in [6.45, 7) is 4.73. The second kappa shape index (κ2) is 7.95. The quantitative estimate of drug-likeness (QED) is 0.735. The Kier molecular flexibility index (Phi) is 5.41. The fourth-order valence-corrected chi connectivity index (χ4v) is 4.52. The van der Waals surface area contributed by atoms with E-state index in [1.165, 1.54) is 36.1 Å². The minimum absolute atomic E-state index is 0.209. The van der Waals surface area contributed by atoms with Gasteiger partial charge in [0.05, 0.1) is 18.9 Å². The fraction of sp³-hybridized carbons (Fsp3) is 0.545. The number of aromatic nitrogens is 2. The van der Waals surface area contributed by atoms with Gasteiger partial charge < -0.3 is 14.5 Å². The lowest BCUT2D eigenvalue weighted by atomic mass is 9.77. The number of hydrogen-bond donors (Lipinski definition) is 0. The van der Waals surface area contributed by atoms with E-state index in [9.17, 15) is 0 Å². The SMILES string of the molecule is CN(C)c1ncc2c(n1)C1(CCCN(CCOCc3ccccc3)C1)CC2. The van der Waals surface area contributed by atoms with Gasteiger partial charge in [0.2, 0.25) is 5.95 Å². The van der Waals surface area contributed by atoms with Crippen molar-refractivity contribution in [2.24, 2.45) is 0 Å². The molecule has 27 heavy (non-hydrogen) atoms. The van der Waals surface area contributed by atoms with Crippen molar-refractivity contribution in [1.29, 1.82) is 0 Å². The molecule has 2 aliphatic rings. The van der Waals surface area contributed by atoms with Crippen molar-refractivity contribution < 1.29 is 4.74 Å². The maximum Gasteiger partial charge on any atom is 0.225 e. The zero-order valence-electron chi connectivity index (χ0n) is 16.5. The van der Waals surface area contributed by atoms with Gasteiger partial charge in [-0.15, -0.1) is 0 Å². The zero-order valence-corrected chi connectivity index (χ0v) is 16.5. The maximum atomic E-state index is 5.92. The smallest absolute Gasteiger partial charge is 0.225 e. The summed E-state index contributed by atoms with van der Waals surface area (Å²) in [6, 6.07) is 10.4. The molecule has 1 fully saturated rings. The Morgan fingerprint density at radius 2 is 2.04 bits per heavy atom. The van der Waals surface area contributed by atoms with Crippen molar-refractivity contribution in [2.45, 2.75) is 37.7 Å². The summed E-state index contributed by atoms with van der Waals surface area (Å²) in [4.78, 5) is 14.0. The Labute approximate surface area is 162 Å². The van der Waals surface area contributed by atoms with Gasteiger partial charge in [0.25, 0.3) is 0 Å². The summed E-state index contributed by atoms with van der Waals surface area (Å²) in [7, 11) is 4.03. The fourth-order valence-electron chi connectivity index (χ4n) is 4.52. The second-order valence-electron chi connectivity index (χ2n) is 8.14. The number of likely N-dealkylation sites (tertiary alicyclic amines) is 1. The van der Waals surface area contributed by atoms with Crippen LogP contribution >= 0.6 is 0 Å². The molecule has 1 aliphatic carbocycles. The van der Waals surface area contributed by atoms with Crippen LogP contribution in [0.3, 0.4) is 0 Å². The predicted octanol–water partition coefficient (Wildman–Crippen LogP) is 3.04. The number of benzene rings is 1. The van der Waals surface area contributed by atoms with E-state index in [1.54, 1.807) is 0 Å². The minimum atomic E-state index is 0.209. The van der Waals surface area contributed by atoms with E-state index in [0.717, 1.165) is 38.6 Å². The molecule has 1 spiro atoms. The Balaban J connectivity index is 1.37. The summed E-state index contributed by atoms with van der Waals surface area (Å²) in [5.74, 6) is 0.832. The Bertz CT molecular complexity index is 760. The van der Waals surface area contributed by atoms with E-state index in [0.29, 0.717) is 6.61 Å². The summed E-state index contributed by atoms with van der Waals surface area (Å²) >= 11 is 0. The van der Waals surface area contributed by atoms with E-state index in [2.05, 4.69) is 34.1 Å². The van der Waals surface area contributed by atoms with Crippen molar-refractivity contribution in [3.05, 3.63) is 53.3 Å². The average Bonchev–Trinajstić information content (AvgIpc) is 3.03. The van der Waals surface area contributed by atoms with Crippen LogP contribution in [0.5, 0.6) is 0 Å². The van der Waals surface area contributed by atoms with Crippen molar-refractivity contribution in [3.63, 3.8) is 0 Å². The molecule has 0 bridgehead atoms. The van der Waals surface area contributed by atoms with E-state index >= 15 is 0 Å². The van der Waals surface area contributed by atoms with Crippen LogP contribution in [0, 0.1) is 0 Å². The molecule has 1 atom stereocenters. The first-order valence-corrected chi connectivity index (χ1v) is 10.0. The normalized spacial score (nSPS) is 22.1. The highest BCUT2D eigenvalue weighted by atomic mass is 16.5. The third-order valence-corrected chi connectivity index (χ3v) is 5.95. The number of aryl methyl sites for hydroxylation is 1. The lowest BCUT2D eigenvalue weighted by Crippen LogP contribution is -2.46. The van der Waals surface area contributed by atoms with Crippen LogP contribution < -0.4 is 4.90 Å². The van der Waals surface area contributed by atoms with Gasteiger partial charge in [-0.3, -0.25) is 0 Å². The van der Waals surface area contributed by atoms with Crippen LogP contribution in [0.4, 0.5) is 5.95 Å². The highest BCUT2D eigenvalue weighted by molar-refractivity contribution is 5.39. The van der Waals surface area contributed by atoms with Crippen LogP contribution in [-0.2, 0) is 23.2 Å². The number of nitrogens with zero attached hydrogens (tertiary/aromatic N) is 4. The Morgan fingerprint density at radius 3 is 2.85 bits per heavy atom. The number of hydrogen-bond acceptors (Lipinski definition) is 5. The second-order valence-corrected chi connectivity index (χ2v) is 8.14. The first kappa shape index (κ1) is 18.4. The predicted molar refractivity (Wildman–Crippen MR) is 108 cm³/mol. The number of rotatable bonds is 6. The molecule has 4 rings (SSSR count). The average molecular weight is 367 g/mol. The molecular formula is C22H30N4O. The molecule has 5 nitrogen and oxygen atoms in total. The van der Waals surface area contributed by atoms with Gasteiger partial charge in [0.1, 0.15) is 0 Å². The number of piperidine rings is 1. The van der Waals surface area contributed by atoms with E-state index in [1.807, 2.05) is 31.3 Å². The zero-order chi connectivity index (χ0) is 18.7. The molecule has 2 aromatic rings. The van der Waals surface area contributed by atoms with Gasteiger partial charge in [0, 0.05) is 38.8 Å². The topological polar surface area (TPSA) is 41.5 Å². The summed E-state index contributed by atoms with van der Waals surface area (Å²) in [6.07, 6.45) is 6.84. The van der Waals surface area contributed by atoms with Crippen LogP contribution in [0.25, 0.3) is 0 Å². The van der Waals surface area contributed by atoms with E-state index in [4.69, 9.17) is 9.72 Å². The molecule has 0 N–H and O–H groups in total. The van der Waals surface area contributed by atoms with Crippen molar-refractivity contribution in [1.82, 2.24) is 14.9 Å². The maximum absolute atomic E-state index is 5.92. The summed E-state index contributed by atoms with van der Waals surface area (Å²) < 4.78 is 5.92. The molecule has 5 heteroatoms. The molecule has 144 valence electrons. The van der Waals surface area contributed by atoms with Gasteiger partial charge in [-0.1, -0.05) is 30.3 Å². The largest absolute Gasteiger partial charge is 0.375 e. The molecule has 1 aromatic heterocycles. The van der Waals surface area contributed by atoms with Crippen molar-refractivity contribution in [2.75, 3.05) is 45.2 Å². The lowest BCUT2D eigenvalue weighted by Gasteiger charge is -2.40. The molecule has 1 saturated heterocycles. The number of ether oxygens (including phenoxy) is 1. The standard InChI is InChI=1S/C22H30N4O/c1-25(2)21-23-15-19-9-11-22(20(19)24-21)10-6-12-26(17-22)13-14-27-16-18-7-4-3-5-8-18/h3-5,7-8,15H,6,9-14,16-17H2,1-2H3.